The normalized spacial score (nSPS) is 11.6. The zero-order valence-electron chi connectivity index (χ0n) is 9.92. The minimum atomic E-state index is -1.12. The molecule has 1 heterocycles. The van der Waals surface area contributed by atoms with Crippen molar-refractivity contribution in [3.05, 3.63) is 30.1 Å². The summed E-state index contributed by atoms with van der Waals surface area (Å²) < 4.78 is 4.67. The molecule has 7 nitrogen and oxygen atoms in total. The second-order valence-corrected chi connectivity index (χ2v) is 3.48. The maximum absolute atomic E-state index is 11.4. The van der Waals surface area contributed by atoms with E-state index < -0.39 is 18.1 Å². The molecule has 7 heteroatoms. The van der Waals surface area contributed by atoms with Gasteiger partial charge in [-0.3, -0.25) is 4.98 Å². The minimum Gasteiger partial charge on any atom is -0.479 e. The van der Waals surface area contributed by atoms with Crippen LogP contribution in [0.15, 0.2) is 24.5 Å². The van der Waals surface area contributed by atoms with E-state index in [4.69, 9.17) is 5.11 Å². The van der Waals surface area contributed by atoms with Gasteiger partial charge in [0.25, 0.3) is 0 Å². The fourth-order valence-corrected chi connectivity index (χ4v) is 1.20. The van der Waals surface area contributed by atoms with Gasteiger partial charge in [0.1, 0.15) is 0 Å². The second-order valence-electron chi connectivity index (χ2n) is 3.48. The van der Waals surface area contributed by atoms with Crippen LogP contribution in [0.2, 0.25) is 0 Å². The maximum Gasteiger partial charge on any atom is 0.334 e. The van der Waals surface area contributed by atoms with Crippen molar-refractivity contribution in [1.29, 1.82) is 0 Å². The molecule has 0 spiro atoms. The first-order chi connectivity index (χ1) is 8.63. The highest BCUT2D eigenvalue weighted by Crippen LogP contribution is 1.94. The van der Waals surface area contributed by atoms with Gasteiger partial charge in [-0.1, -0.05) is 0 Å². The van der Waals surface area contributed by atoms with Crippen LogP contribution in [0, 0.1) is 0 Å². The summed E-state index contributed by atoms with van der Waals surface area (Å²) in [5, 5.41) is 13.7. The molecule has 0 radical (unpaired) electrons. The summed E-state index contributed by atoms with van der Waals surface area (Å²) in [7, 11) is 1.27. The quantitative estimate of drug-likeness (QED) is 0.661. The molecular weight excluding hydrogens is 238 g/mol. The Bertz CT molecular complexity index is 397. The third-order valence-corrected chi connectivity index (χ3v) is 2.21. The number of carbonyl (C=O) groups excluding carboxylic acids is 1. The molecule has 0 saturated carbocycles. The highest BCUT2D eigenvalue weighted by Gasteiger charge is 2.16. The number of nitrogens with zero attached hydrogens (tertiary/aromatic N) is 1. The van der Waals surface area contributed by atoms with E-state index in [-0.39, 0.29) is 6.54 Å². The van der Waals surface area contributed by atoms with Crippen LogP contribution in [-0.2, 0) is 16.1 Å². The smallest absolute Gasteiger partial charge is 0.334 e. The van der Waals surface area contributed by atoms with Crippen molar-refractivity contribution in [3.63, 3.8) is 0 Å². The van der Waals surface area contributed by atoms with E-state index in [1.807, 2.05) is 0 Å². The van der Waals surface area contributed by atoms with E-state index in [0.29, 0.717) is 6.54 Å². The molecule has 1 aromatic heterocycles. The fourth-order valence-electron chi connectivity index (χ4n) is 1.20. The van der Waals surface area contributed by atoms with Crippen LogP contribution in [0.3, 0.4) is 0 Å². The number of methoxy groups -OCH3 is 1. The molecule has 0 fully saturated rings. The van der Waals surface area contributed by atoms with Crippen LogP contribution in [-0.4, -0.2) is 41.8 Å². The van der Waals surface area contributed by atoms with Crippen LogP contribution in [0.1, 0.15) is 5.56 Å². The predicted molar refractivity (Wildman–Crippen MR) is 62.9 cm³/mol. The number of hydrogen-bond donors (Lipinski definition) is 3. The zero-order valence-corrected chi connectivity index (χ0v) is 9.92. The maximum atomic E-state index is 11.4. The molecule has 0 saturated heterocycles. The van der Waals surface area contributed by atoms with Crippen LogP contribution >= 0.6 is 0 Å². The van der Waals surface area contributed by atoms with E-state index in [9.17, 15) is 9.59 Å². The summed E-state index contributed by atoms with van der Waals surface area (Å²) in [5.74, 6) is -1.12. The Kier molecular flexibility index (Phi) is 5.59. The van der Waals surface area contributed by atoms with Crippen molar-refractivity contribution in [3.8, 4) is 0 Å². The Morgan fingerprint density at radius 2 is 2.06 bits per heavy atom. The molecule has 1 aromatic rings. The molecular formula is C11H15N3O4. The number of aliphatic carboxylic acids is 1. The van der Waals surface area contributed by atoms with E-state index in [1.54, 1.807) is 24.5 Å². The summed E-state index contributed by atoms with van der Waals surface area (Å²) in [6, 6.07) is 3.10. The Balaban J connectivity index is 2.28. The lowest BCUT2D eigenvalue weighted by Gasteiger charge is -2.12. The van der Waals surface area contributed by atoms with Gasteiger partial charge < -0.3 is 20.5 Å². The largest absolute Gasteiger partial charge is 0.479 e. The first kappa shape index (κ1) is 13.9. The molecule has 1 rings (SSSR count). The number of carbonyl (C=O) groups is 2. The number of pyridine rings is 1. The summed E-state index contributed by atoms with van der Waals surface area (Å²) >= 11 is 0. The molecule has 0 aromatic carbocycles. The van der Waals surface area contributed by atoms with E-state index in [0.717, 1.165) is 5.56 Å². The first-order valence-corrected chi connectivity index (χ1v) is 5.29. The molecule has 98 valence electrons. The van der Waals surface area contributed by atoms with Crippen molar-refractivity contribution < 1.29 is 19.4 Å². The standard InChI is InChI=1S/C11H15N3O4/c1-18-9(10(15)16)7-14-11(17)13-6-8-2-4-12-5-3-8/h2-5,9H,6-7H2,1H3,(H,15,16)(H2,13,14,17). The molecule has 0 aliphatic carbocycles. The first-order valence-electron chi connectivity index (χ1n) is 5.29. The monoisotopic (exact) mass is 253 g/mol. The number of hydrogen-bond acceptors (Lipinski definition) is 4. The molecule has 1 atom stereocenters. The number of urea groups is 1. The highest BCUT2D eigenvalue weighted by atomic mass is 16.5. The molecule has 1 unspecified atom stereocenters. The van der Waals surface area contributed by atoms with Gasteiger partial charge in [-0.25, -0.2) is 9.59 Å². The Morgan fingerprint density at radius 3 is 2.61 bits per heavy atom. The lowest BCUT2D eigenvalue weighted by atomic mass is 10.3. The zero-order chi connectivity index (χ0) is 13.4. The number of rotatable bonds is 6. The Hall–Kier alpha value is -2.15. The van der Waals surface area contributed by atoms with E-state index in [1.165, 1.54) is 7.11 Å². The van der Waals surface area contributed by atoms with Gasteiger partial charge in [0, 0.05) is 26.0 Å². The predicted octanol–water partition coefficient (Wildman–Crippen LogP) is -0.0196. The van der Waals surface area contributed by atoms with Gasteiger partial charge in [0.15, 0.2) is 6.10 Å². The second kappa shape index (κ2) is 7.23. The topological polar surface area (TPSA) is 101 Å². The molecule has 0 bridgehead atoms. The van der Waals surface area contributed by atoms with Crippen molar-refractivity contribution in [2.75, 3.05) is 13.7 Å². The molecule has 0 aliphatic heterocycles. The fraction of sp³-hybridized carbons (Fsp3) is 0.364. The van der Waals surface area contributed by atoms with Gasteiger partial charge in [-0.05, 0) is 17.7 Å². The molecule has 18 heavy (non-hydrogen) atoms. The summed E-state index contributed by atoms with van der Waals surface area (Å²) in [4.78, 5) is 25.8. The van der Waals surface area contributed by atoms with Crippen molar-refractivity contribution in [2.45, 2.75) is 12.6 Å². The van der Waals surface area contributed by atoms with Crippen LogP contribution < -0.4 is 10.6 Å². The van der Waals surface area contributed by atoms with Crippen molar-refractivity contribution in [1.82, 2.24) is 15.6 Å². The van der Waals surface area contributed by atoms with Crippen LogP contribution in [0.25, 0.3) is 0 Å². The summed E-state index contributed by atoms with van der Waals surface area (Å²) in [6.45, 7) is 0.257. The Morgan fingerprint density at radius 1 is 1.39 bits per heavy atom. The van der Waals surface area contributed by atoms with Gasteiger partial charge >= 0.3 is 12.0 Å². The number of amides is 2. The van der Waals surface area contributed by atoms with E-state index >= 15 is 0 Å². The third-order valence-electron chi connectivity index (χ3n) is 2.21. The Labute approximate surface area is 104 Å². The van der Waals surface area contributed by atoms with Crippen molar-refractivity contribution in [2.24, 2.45) is 0 Å². The number of carboxylic acid groups (broad SMARTS) is 1. The lowest BCUT2D eigenvalue weighted by Crippen LogP contribution is -2.42. The van der Waals surface area contributed by atoms with Crippen molar-refractivity contribution >= 4 is 12.0 Å². The third kappa shape index (κ3) is 4.79. The average molecular weight is 253 g/mol. The average Bonchev–Trinajstić information content (AvgIpc) is 2.38. The number of carboxylic acids is 1. The number of ether oxygens (including phenoxy) is 1. The number of nitrogens with one attached hydrogen (secondary N) is 2. The SMILES string of the molecule is COC(CNC(=O)NCc1ccncc1)C(=O)O. The van der Waals surface area contributed by atoms with Crippen LogP contribution in [0.4, 0.5) is 4.79 Å². The molecule has 3 N–H and O–H groups in total. The molecule has 2 amide bonds. The minimum absolute atomic E-state index is 0.0893. The summed E-state index contributed by atoms with van der Waals surface area (Å²) in [5.41, 5.74) is 0.904. The molecule has 0 aliphatic rings. The highest BCUT2D eigenvalue weighted by molar-refractivity contribution is 5.76. The summed E-state index contributed by atoms with van der Waals surface area (Å²) in [6.07, 6.45) is 2.21. The van der Waals surface area contributed by atoms with Gasteiger partial charge in [0.2, 0.25) is 0 Å². The number of aromatic nitrogens is 1. The van der Waals surface area contributed by atoms with Gasteiger partial charge in [-0.15, -0.1) is 0 Å². The van der Waals surface area contributed by atoms with Gasteiger partial charge in [-0.2, -0.15) is 0 Å². The van der Waals surface area contributed by atoms with E-state index in [2.05, 4.69) is 20.4 Å². The lowest BCUT2D eigenvalue weighted by molar-refractivity contribution is -0.147. The van der Waals surface area contributed by atoms with Gasteiger partial charge in [0.05, 0.1) is 6.54 Å². The van der Waals surface area contributed by atoms with Crippen LogP contribution in [0.5, 0.6) is 0 Å².